The molecule has 13 nitrogen and oxygen atoms in total. The molecule has 47 heavy (non-hydrogen) atoms. The van der Waals surface area contributed by atoms with Crippen molar-refractivity contribution in [3.05, 3.63) is 65.7 Å². The number of halogens is 3. The number of hydrogen-bond acceptors (Lipinski definition) is 11. The Morgan fingerprint density at radius 3 is 2.62 bits per heavy atom. The first-order valence-electron chi connectivity index (χ1n) is 14.5. The van der Waals surface area contributed by atoms with Gasteiger partial charge < -0.3 is 29.7 Å². The van der Waals surface area contributed by atoms with E-state index in [9.17, 15) is 22.5 Å². The van der Waals surface area contributed by atoms with E-state index in [1.165, 1.54) is 20.2 Å². The van der Waals surface area contributed by atoms with Crippen molar-refractivity contribution < 1.29 is 36.3 Å². The van der Waals surface area contributed by atoms with Gasteiger partial charge in [-0.1, -0.05) is 19.9 Å². The third kappa shape index (κ3) is 7.89. The van der Waals surface area contributed by atoms with Gasteiger partial charge in [0, 0.05) is 37.0 Å². The first-order valence-corrected chi connectivity index (χ1v) is 16.2. The van der Waals surface area contributed by atoms with Crippen LogP contribution in [0.1, 0.15) is 42.4 Å². The van der Waals surface area contributed by atoms with Crippen LogP contribution in [0, 0.1) is 5.41 Å². The summed E-state index contributed by atoms with van der Waals surface area (Å²) in [5.41, 5.74) is -0.0785. The SMILES string of the molecule is CCO[P@@]1(=O)Cc2ccc(c(OC)c2)Nc2ncc(C(F)(F)F)c(n2)Nc2ccc(nc2C(=O)NC)-c2cnn(c2)CC(C)(C)CO1. The van der Waals surface area contributed by atoms with Crippen LogP contribution in [0.3, 0.4) is 0 Å². The van der Waals surface area contributed by atoms with E-state index in [4.69, 9.17) is 13.8 Å². The van der Waals surface area contributed by atoms with E-state index in [2.05, 4.69) is 36.0 Å². The van der Waals surface area contributed by atoms with Crippen molar-refractivity contribution in [3.63, 3.8) is 0 Å². The number of carbonyl (C=O) groups is 1. The number of pyridine rings is 1. The second-order valence-corrected chi connectivity index (χ2v) is 13.5. The molecule has 3 N–H and O–H groups in total. The Labute approximate surface area is 268 Å². The molecule has 0 spiro atoms. The third-order valence-corrected chi connectivity index (χ3v) is 9.00. The molecule has 7 heterocycles. The lowest BCUT2D eigenvalue weighted by Crippen LogP contribution is -2.25. The molecule has 1 amide bonds. The average molecular weight is 675 g/mol. The van der Waals surface area contributed by atoms with Gasteiger partial charge in [-0.25, -0.2) is 9.97 Å². The molecule has 0 radical (unpaired) electrons. The van der Waals surface area contributed by atoms with E-state index in [0.717, 1.165) is 0 Å². The molecule has 8 rings (SSSR count). The van der Waals surface area contributed by atoms with E-state index in [1.807, 2.05) is 13.8 Å². The summed E-state index contributed by atoms with van der Waals surface area (Å²) in [7, 11) is -0.836. The fourth-order valence-electron chi connectivity index (χ4n) is 4.83. The largest absolute Gasteiger partial charge is 0.495 e. The highest BCUT2D eigenvalue weighted by Crippen LogP contribution is 2.53. The van der Waals surface area contributed by atoms with Gasteiger partial charge in [-0.05, 0) is 36.8 Å². The summed E-state index contributed by atoms with van der Waals surface area (Å²) in [6, 6.07) is 7.86. The minimum Gasteiger partial charge on any atom is -0.495 e. The molecule has 17 heteroatoms. The first kappa shape index (κ1) is 33.8. The highest BCUT2D eigenvalue weighted by Gasteiger charge is 2.36. The molecule has 4 aliphatic heterocycles. The average Bonchev–Trinajstić information content (AvgIpc) is 3.47. The number of aromatic nitrogens is 5. The molecule has 8 bridgehead atoms. The molecule has 0 saturated heterocycles. The smallest absolute Gasteiger partial charge is 0.421 e. The molecule has 0 unspecified atom stereocenters. The lowest BCUT2D eigenvalue weighted by atomic mass is 9.95. The molecule has 4 aliphatic rings. The van der Waals surface area contributed by atoms with Crippen LogP contribution in [0.15, 0.2) is 48.9 Å². The number of nitrogens with zero attached hydrogens (tertiary/aromatic N) is 5. The molecule has 1 atom stereocenters. The summed E-state index contributed by atoms with van der Waals surface area (Å²) >= 11 is 0. The molecule has 250 valence electrons. The summed E-state index contributed by atoms with van der Waals surface area (Å²) < 4.78 is 74.9. The minimum atomic E-state index is -4.83. The van der Waals surface area contributed by atoms with Gasteiger partial charge in [-0.15, -0.1) is 0 Å². The van der Waals surface area contributed by atoms with E-state index in [0.29, 0.717) is 35.2 Å². The summed E-state index contributed by atoms with van der Waals surface area (Å²) in [6.45, 7) is 6.19. The topological polar surface area (TPSA) is 154 Å². The Bertz CT molecular complexity index is 1830. The van der Waals surface area contributed by atoms with Crippen LogP contribution in [0.2, 0.25) is 0 Å². The zero-order valence-corrected chi connectivity index (χ0v) is 27.2. The Balaban J connectivity index is 1.65. The highest BCUT2D eigenvalue weighted by atomic mass is 31.2. The number of methoxy groups -OCH3 is 1. The summed E-state index contributed by atoms with van der Waals surface area (Å²) in [6.07, 6.45) is -0.980. The Kier molecular flexibility index (Phi) is 9.57. The summed E-state index contributed by atoms with van der Waals surface area (Å²) in [4.78, 5) is 25.3. The molecular weight excluding hydrogens is 640 g/mol. The number of nitrogens with one attached hydrogen (secondary N) is 3. The van der Waals surface area contributed by atoms with Crippen LogP contribution in [-0.2, 0) is 32.5 Å². The number of alkyl halides is 3. The third-order valence-electron chi connectivity index (χ3n) is 7.07. The van der Waals surface area contributed by atoms with Crippen LogP contribution >= 0.6 is 7.60 Å². The lowest BCUT2D eigenvalue weighted by molar-refractivity contribution is -0.137. The van der Waals surface area contributed by atoms with E-state index < -0.39 is 36.5 Å². The van der Waals surface area contributed by atoms with Crippen LogP contribution in [0.25, 0.3) is 11.3 Å². The number of anilines is 4. The van der Waals surface area contributed by atoms with Gasteiger partial charge in [0.1, 0.15) is 17.1 Å². The normalized spacial score (nSPS) is 18.0. The van der Waals surface area contributed by atoms with Gasteiger partial charge in [0.15, 0.2) is 5.69 Å². The van der Waals surface area contributed by atoms with E-state index in [-0.39, 0.29) is 42.5 Å². The maximum Gasteiger partial charge on any atom is 0.421 e. The molecule has 0 aliphatic carbocycles. The first-order chi connectivity index (χ1) is 22.2. The quantitative estimate of drug-likeness (QED) is 0.206. The molecule has 0 fully saturated rings. The number of ether oxygens (including phenoxy) is 1. The molecule has 1 aromatic carbocycles. The van der Waals surface area contributed by atoms with Crippen LogP contribution in [0.4, 0.5) is 36.3 Å². The standard InChI is InChI=1S/C30H34F3N8O5P/c1-6-45-47(43)15-18-7-8-22(24(11-18)44-5)39-28-35-13-20(30(31,32)33)26(40-28)38-23-10-9-21(37-25(23)27(42)34-4)19-12-36-41(14-19)16-29(2,3)17-46-47/h7-14H,6,15-17H2,1-5H3,(H,34,42)(H2,35,38,39,40)/t47-/m0/s1. The fraction of sp³-hybridized carbons (Fsp3) is 0.367. The predicted molar refractivity (Wildman–Crippen MR) is 168 cm³/mol. The number of rotatable bonds is 4. The van der Waals surface area contributed by atoms with Gasteiger partial charge in [0.05, 0.1) is 49.8 Å². The van der Waals surface area contributed by atoms with Crippen molar-refractivity contribution >= 4 is 36.6 Å². The Morgan fingerprint density at radius 2 is 1.91 bits per heavy atom. The summed E-state index contributed by atoms with van der Waals surface area (Å²) in [5.74, 6) is -1.17. The highest BCUT2D eigenvalue weighted by molar-refractivity contribution is 7.53. The monoisotopic (exact) mass is 674 g/mol. The number of carbonyl (C=O) groups excluding carboxylic acids is 1. The number of hydrogen-bond donors (Lipinski definition) is 3. The van der Waals surface area contributed by atoms with E-state index >= 15 is 0 Å². The second-order valence-electron chi connectivity index (χ2n) is 11.5. The van der Waals surface area contributed by atoms with Crippen LogP contribution in [-0.4, -0.2) is 58.0 Å². The fourth-order valence-corrected chi connectivity index (χ4v) is 6.67. The van der Waals surface area contributed by atoms with Crippen molar-refractivity contribution in [2.24, 2.45) is 5.41 Å². The Morgan fingerprint density at radius 1 is 1.15 bits per heavy atom. The van der Waals surface area contributed by atoms with E-state index in [1.54, 1.807) is 48.3 Å². The van der Waals surface area contributed by atoms with Gasteiger partial charge in [-0.2, -0.15) is 23.3 Å². The van der Waals surface area contributed by atoms with Crippen LogP contribution < -0.4 is 20.7 Å². The van der Waals surface area contributed by atoms with Crippen molar-refractivity contribution in [2.45, 2.75) is 39.7 Å². The van der Waals surface area contributed by atoms with Gasteiger partial charge in [0.2, 0.25) is 5.95 Å². The zero-order valence-electron chi connectivity index (χ0n) is 26.3. The maximum atomic E-state index is 14.1. The number of benzene rings is 1. The molecule has 3 aromatic heterocycles. The predicted octanol–water partition coefficient (Wildman–Crippen LogP) is 6.40. The lowest BCUT2D eigenvalue weighted by Gasteiger charge is -2.27. The van der Waals surface area contributed by atoms with Crippen molar-refractivity contribution in [1.82, 2.24) is 30.0 Å². The maximum absolute atomic E-state index is 14.1. The van der Waals surface area contributed by atoms with Crippen LogP contribution in [0.5, 0.6) is 5.75 Å². The summed E-state index contributed by atoms with van der Waals surface area (Å²) in [5, 5.41) is 12.4. The van der Waals surface area contributed by atoms with Gasteiger partial charge in [0.25, 0.3) is 5.91 Å². The second kappa shape index (κ2) is 13.3. The minimum absolute atomic E-state index is 0.0169. The van der Waals surface area contributed by atoms with Gasteiger partial charge in [-0.3, -0.25) is 14.0 Å². The molecule has 4 aromatic rings. The van der Waals surface area contributed by atoms with Crippen molar-refractivity contribution in [3.8, 4) is 17.0 Å². The van der Waals surface area contributed by atoms with Crippen molar-refractivity contribution in [1.29, 1.82) is 0 Å². The number of amides is 1. The molecule has 0 saturated carbocycles. The zero-order chi connectivity index (χ0) is 34.0. The Hall–Kier alpha value is -4.53. The molecular formula is C30H34F3N8O5P. The van der Waals surface area contributed by atoms with Gasteiger partial charge >= 0.3 is 13.8 Å². The van der Waals surface area contributed by atoms with Crippen molar-refractivity contribution in [2.75, 3.05) is 38.0 Å².